The molecule has 8 heteroatoms. The van der Waals surface area contributed by atoms with Crippen LogP contribution in [0.15, 0.2) is 18.2 Å². The predicted molar refractivity (Wildman–Crippen MR) is 109 cm³/mol. The van der Waals surface area contributed by atoms with E-state index in [0.717, 1.165) is 28.6 Å². The van der Waals surface area contributed by atoms with Crippen molar-refractivity contribution in [3.63, 3.8) is 0 Å². The van der Waals surface area contributed by atoms with E-state index in [4.69, 9.17) is 4.79 Å². The minimum Gasteiger partial charge on any atom is -0.542 e. The first kappa shape index (κ1) is 26.4. The second kappa shape index (κ2) is 12.1. The van der Waals surface area contributed by atoms with Gasteiger partial charge in [-0.05, 0) is 51.3 Å². The third-order valence-corrected chi connectivity index (χ3v) is 3.78. The van der Waals surface area contributed by atoms with E-state index in [1.807, 2.05) is 44.2 Å². The maximum absolute atomic E-state index is 12.0. The van der Waals surface area contributed by atoms with Crippen molar-refractivity contribution in [2.45, 2.75) is 20.3 Å². The molecular weight excluding hydrogens is 433 g/mol. The zero-order valence-corrected chi connectivity index (χ0v) is 20.6. The molecule has 1 aliphatic heterocycles. The molecule has 3 rings (SSSR count). The molecule has 0 saturated heterocycles. The maximum atomic E-state index is 12.0. The van der Waals surface area contributed by atoms with E-state index in [2.05, 4.69) is 4.98 Å². The monoisotopic (exact) mass is 462 g/mol. The van der Waals surface area contributed by atoms with E-state index in [1.54, 1.807) is 30.8 Å². The fourth-order valence-electron chi connectivity index (χ4n) is 2.80. The van der Waals surface area contributed by atoms with E-state index < -0.39 is 0 Å². The molecule has 1 aromatic heterocycles. The van der Waals surface area contributed by atoms with Crippen LogP contribution in [0.1, 0.15) is 29.9 Å². The molecule has 1 radical (unpaired) electrons. The molecule has 2 aromatic rings. The Hall–Kier alpha value is -1.57. The van der Waals surface area contributed by atoms with E-state index in [0.29, 0.717) is 12.2 Å². The van der Waals surface area contributed by atoms with Gasteiger partial charge in [-0.3, -0.25) is 15.9 Å². The molecule has 0 atom stereocenters. The van der Waals surface area contributed by atoms with Gasteiger partial charge in [0, 0.05) is 76.9 Å². The van der Waals surface area contributed by atoms with Gasteiger partial charge in [0.25, 0.3) is 5.91 Å². The van der Waals surface area contributed by atoms with E-state index in [1.165, 1.54) is 13.2 Å². The number of fused-ring (bicyclic) bond motifs is 3. The minimum absolute atomic E-state index is 0. The van der Waals surface area contributed by atoms with Crippen LogP contribution >= 0.6 is 0 Å². The molecule has 2 heterocycles. The first-order valence-electron chi connectivity index (χ1n) is 8.68. The van der Waals surface area contributed by atoms with Crippen LogP contribution in [0.2, 0.25) is 0 Å². The fourth-order valence-corrected chi connectivity index (χ4v) is 2.80. The number of nitrogens with zero attached hydrogens (tertiary/aromatic N) is 3. The number of nitrogens with one attached hydrogen (secondary N) is 1. The Morgan fingerprint density at radius 2 is 1.68 bits per heavy atom. The summed E-state index contributed by atoms with van der Waals surface area (Å²) in [7, 11) is 9.46. The first-order chi connectivity index (χ1) is 12.6. The molecule has 1 aliphatic rings. The summed E-state index contributed by atoms with van der Waals surface area (Å²) in [6, 6.07) is 5.77. The van der Waals surface area contributed by atoms with Crippen molar-refractivity contribution in [3.8, 4) is 0 Å². The number of hydrogen-bond donors (Lipinski definition) is 1. The van der Waals surface area contributed by atoms with Crippen molar-refractivity contribution in [2.24, 2.45) is 0 Å². The molecule has 1 aromatic carbocycles. The van der Waals surface area contributed by atoms with Crippen LogP contribution in [0.25, 0.3) is 10.9 Å². The van der Waals surface area contributed by atoms with Gasteiger partial charge < -0.3 is 24.5 Å². The molecule has 0 saturated carbocycles. The Labute approximate surface area is 192 Å². The summed E-state index contributed by atoms with van der Waals surface area (Å²) in [4.78, 5) is 40.8. The van der Waals surface area contributed by atoms with Gasteiger partial charge in [-0.2, -0.15) is 6.92 Å². The Morgan fingerprint density at radius 1 is 1.14 bits per heavy atom. The molecule has 0 bridgehead atoms. The van der Waals surface area contributed by atoms with Crippen LogP contribution in [0.3, 0.4) is 0 Å². The van der Waals surface area contributed by atoms with Crippen molar-refractivity contribution >= 4 is 34.7 Å². The van der Waals surface area contributed by atoms with Crippen LogP contribution in [-0.4, -0.2) is 74.7 Å². The quantitative estimate of drug-likeness (QED) is 0.659. The summed E-state index contributed by atoms with van der Waals surface area (Å²) in [6.45, 7) is 3.61. The van der Waals surface area contributed by atoms with Gasteiger partial charge in [-0.25, -0.2) is 0 Å². The fraction of sp³-hybridized carbons (Fsp3) is 0.450. The second-order valence-electron chi connectivity index (χ2n) is 6.87. The van der Waals surface area contributed by atoms with Gasteiger partial charge >= 0.3 is 0 Å². The summed E-state index contributed by atoms with van der Waals surface area (Å²) in [5, 5.41) is 1.04. The van der Waals surface area contributed by atoms with Crippen molar-refractivity contribution < 1.29 is 47.1 Å². The Balaban J connectivity index is 0.000000798. The van der Waals surface area contributed by atoms with Gasteiger partial charge in [0.05, 0.1) is 0 Å². The Morgan fingerprint density at radius 3 is 2.14 bits per heavy atom. The topological polar surface area (TPSA) is 76.7 Å². The average Bonchev–Trinajstić information content (AvgIpc) is 3.17. The minimum atomic E-state index is -0.0450. The normalized spacial score (nSPS) is 11.5. The molecule has 1 N–H and O–H groups in total. The molecule has 0 spiro atoms. The van der Waals surface area contributed by atoms with Crippen LogP contribution in [0.4, 0.5) is 5.69 Å². The number of amides is 2. The molecule has 0 fully saturated rings. The Bertz CT molecular complexity index is 812. The number of aromatic amines is 1. The van der Waals surface area contributed by atoms with Crippen LogP contribution < -0.4 is 4.90 Å². The van der Waals surface area contributed by atoms with Crippen molar-refractivity contribution in [2.75, 3.05) is 46.7 Å². The summed E-state index contributed by atoms with van der Waals surface area (Å²) in [5.74, 6) is 0.0135. The largest absolute Gasteiger partial charge is 0.542 e. The van der Waals surface area contributed by atoms with Gasteiger partial charge in [0.15, 0.2) is 0 Å². The zero-order valence-electron chi connectivity index (χ0n) is 17.8. The number of anilines is 1. The van der Waals surface area contributed by atoms with Crippen LogP contribution in [0, 0.1) is 0 Å². The molecule has 28 heavy (non-hydrogen) atoms. The summed E-state index contributed by atoms with van der Waals surface area (Å²) in [6.07, 6.45) is 2.33. The zero-order chi connectivity index (χ0) is 20.7. The summed E-state index contributed by atoms with van der Waals surface area (Å²) < 4.78 is 0. The Kier molecular flexibility index (Phi) is 11.4. The molecule has 0 unspecified atom stereocenters. The molecule has 7 nitrogen and oxygen atoms in total. The molecule has 2 amide bonds. The third-order valence-electron chi connectivity index (χ3n) is 3.78. The van der Waals surface area contributed by atoms with Gasteiger partial charge in [0.2, 0.25) is 5.91 Å². The van der Waals surface area contributed by atoms with Gasteiger partial charge in [-0.1, -0.05) is 0 Å². The smallest absolute Gasteiger partial charge is 0.269 e. The number of benzene rings is 1. The van der Waals surface area contributed by atoms with Crippen molar-refractivity contribution in [1.82, 2.24) is 14.8 Å². The van der Waals surface area contributed by atoms with Crippen molar-refractivity contribution in [1.29, 1.82) is 0 Å². The number of hydrogen-bond acceptors (Lipinski definition) is 4. The molecular formula is C20H29N4O3Y-. The summed E-state index contributed by atoms with van der Waals surface area (Å²) in [5.41, 5.74) is 3.64. The average molecular weight is 462 g/mol. The van der Waals surface area contributed by atoms with E-state index in [9.17, 15) is 9.59 Å². The SMILES string of the molecule is CC(=O)N1CCc2c1ccc1[nH]c(C(=O)N(C)C)cc21.CN(C)C.C[C-]=O.[Y]. The van der Waals surface area contributed by atoms with E-state index >= 15 is 0 Å². The number of carbonyl (C=O) groups is 2. The first-order valence-corrected chi connectivity index (χ1v) is 8.68. The van der Waals surface area contributed by atoms with Crippen LogP contribution in [-0.2, 0) is 48.7 Å². The third kappa shape index (κ3) is 6.80. The predicted octanol–water partition coefficient (Wildman–Crippen LogP) is 2.07. The standard InChI is InChI=1S/C15H17N3O2.C3H9N.C2H3O.Y/c1-9(19)18-7-6-10-11-8-13(15(20)17(2)3)16-12(11)4-5-14(10)18;1-4(2)3;1-2-3;/h4-5,8,16H,6-7H2,1-3H3;1-3H3;1H3;/q;;-1;. The maximum Gasteiger partial charge on any atom is 0.269 e. The summed E-state index contributed by atoms with van der Waals surface area (Å²) >= 11 is 0. The number of rotatable bonds is 1. The number of H-pyrrole nitrogens is 1. The number of aromatic nitrogens is 1. The molecule has 0 aliphatic carbocycles. The second-order valence-corrected chi connectivity index (χ2v) is 6.87. The van der Waals surface area contributed by atoms with Crippen molar-refractivity contribution in [3.05, 3.63) is 29.5 Å². The van der Waals surface area contributed by atoms with E-state index in [-0.39, 0.29) is 44.5 Å². The van der Waals surface area contributed by atoms with Crippen LogP contribution in [0.5, 0.6) is 0 Å². The molecule has 151 valence electrons. The van der Waals surface area contributed by atoms with Gasteiger partial charge in [-0.15, -0.1) is 0 Å². The van der Waals surface area contributed by atoms with Gasteiger partial charge in [0.1, 0.15) is 5.69 Å². The number of carbonyl (C=O) groups excluding carboxylic acids is 3.